The van der Waals surface area contributed by atoms with Crippen molar-refractivity contribution in [3.05, 3.63) is 29.6 Å². The lowest BCUT2D eigenvalue weighted by Crippen LogP contribution is -2.31. The van der Waals surface area contributed by atoms with Crippen LogP contribution in [0.3, 0.4) is 0 Å². The normalized spacial score (nSPS) is 18.7. The first kappa shape index (κ1) is 12.5. The maximum atomic E-state index is 13.4. The molecule has 1 amide bonds. The first-order valence-electron chi connectivity index (χ1n) is 6.75. The molecule has 0 atom stereocenters. The van der Waals surface area contributed by atoms with E-state index in [9.17, 15) is 13.6 Å². The Kier molecular flexibility index (Phi) is 3.21. The van der Waals surface area contributed by atoms with Crippen molar-refractivity contribution in [3.63, 3.8) is 0 Å². The molecule has 0 aliphatic heterocycles. The van der Waals surface area contributed by atoms with Crippen molar-refractivity contribution < 1.29 is 13.6 Å². The molecule has 5 heteroatoms. The maximum absolute atomic E-state index is 13.4. The van der Waals surface area contributed by atoms with Gasteiger partial charge in [-0.05, 0) is 49.5 Å². The van der Waals surface area contributed by atoms with Gasteiger partial charge in [0.25, 0.3) is 5.91 Å². The number of amides is 1. The molecule has 0 saturated heterocycles. The van der Waals surface area contributed by atoms with Gasteiger partial charge in [0.05, 0.1) is 5.56 Å². The minimum Gasteiger partial charge on any atom is -0.352 e. The van der Waals surface area contributed by atoms with Crippen molar-refractivity contribution in [2.75, 3.05) is 6.54 Å². The van der Waals surface area contributed by atoms with Gasteiger partial charge in [-0.25, -0.2) is 9.37 Å². The summed E-state index contributed by atoms with van der Waals surface area (Å²) in [6.45, 7) is 0.567. The Hall–Kier alpha value is -1.52. The van der Waals surface area contributed by atoms with E-state index in [1.165, 1.54) is 31.7 Å². The molecule has 2 fully saturated rings. The third-order valence-electron chi connectivity index (χ3n) is 4.04. The van der Waals surface area contributed by atoms with Crippen molar-refractivity contribution >= 4 is 5.91 Å². The number of carbonyl (C=O) groups excluding carboxylic acids is 1. The number of carbonyl (C=O) groups is 1. The molecule has 102 valence electrons. The molecule has 1 aromatic heterocycles. The van der Waals surface area contributed by atoms with Gasteiger partial charge in [0.1, 0.15) is 0 Å². The largest absolute Gasteiger partial charge is 0.352 e. The van der Waals surface area contributed by atoms with Crippen LogP contribution in [0.5, 0.6) is 0 Å². The summed E-state index contributed by atoms with van der Waals surface area (Å²) in [6, 6.07) is 1.21. The van der Waals surface area contributed by atoms with Gasteiger partial charge >= 0.3 is 0 Å². The minimum absolute atomic E-state index is 0.266. The second-order valence-corrected chi connectivity index (χ2v) is 5.51. The first-order valence-corrected chi connectivity index (χ1v) is 6.75. The first-order chi connectivity index (χ1) is 9.16. The van der Waals surface area contributed by atoms with Crippen molar-refractivity contribution in [1.29, 1.82) is 0 Å². The Morgan fingerprint density at radius 1 is 1.32 bits per heavy atom. The number of nitrogens with zero attached hydrogens (tertiary/aromatic N) is 1. The molecule has 2 aliphatic carbocycles. The quantitative estimate of drug-likeness (QED) is 0.832. The maximum Gasteiger partial charge on any atom is 0.254 e. The van der Waals surface area contributed by atoms with Gasteiger partial charge in [-0.3, -0.25) is 4.79 Å². The third kappa shape index (κ3) is 2.74. The van der Waals surface area contributed by atoms with Gasteiger partial charge < -0.3 is 5.32 Å². The smallest absolute Gasteiger partial charge is 0.254 e. The molecule has 0 aromatic carbocycles. The second-order valence-electron chi connectivity index (χ2n) is 5.51. The van der Waals surface area contributed by atoms with Gasteiger partial charge in [0, 0.05) is 12.7 Å². The summed E-state index contributed by atoms with van der Waals surface area (Å²) in [5, 5.41) is 2.74. The number of pyridine rings is 1. The zero-order valence-electron chi connectivity index (χ0n) is 10.5. The van der Waals surface area contributed by atoms with Crippen molar-refractivity contribution in [1.82, 2.24) is 10.3 Å². The molecule has 2 aliphatic rings. The molecular weight excluding hydrogens is 250 g/mol. The average Bonchev–Trinajstić information content (AvgIpc) is 3.26. The third-order valence-corrected chi connectivity index (χ3v) is 4.04. The van der Waals surface area contributed by atoms with E-state index in [2.05, 4.69) is 10.3 Å². The Labute approximate surface area is 110 Å². The van der Waals surface area contributed by atoms with Crippen LogP contribution in [0.1, 0.15) is 36.0 Å². The molecule has 19 heavy (non-hydrogen) atoms. The molecule has 0 spiro atoms. The highest BCUT2D eigenvalue weighted by molar-refractivity contribution is 5.94. The average molecular weight is 266 g/mol. The van der Waals surface area contributed by atoms with Crippen LogP contribution in [0.25, 0.3) is 0 Å². The van der Waals surface area contributed by atoms with E-state index in [1.807, 2.05) is 0 Å². The Bertz CT molecular complexity index is 486. The Balaban J connectivity index is 1.62. The molecule has 1 aromatic rings. The topological polar surface area (TPSA) is 42.0 Å². The van der Waals surface area contributed by atoms with Gasteiger partial charge in [-0.1, -0.05) is 0 Å². The second kappa shape index (κ2) is 4.87. The molecule has 2 saturated carbocycles. The fourth-order valence-corrected chi connectivity index (χ4v) is 2.67. The summed E-state index contributed by atoms with van der Waals surface area (Å²) < 4.78 is 26.4. The number of nitrogens with one attached hydrogen (secondary N) is 1. The number of hydrogen-bond donors (Lipinski definition) is 1. The van der Waals surface area contributed by atoms with Gasteiger partial charge in [0.2, 0.25) is 5.95 Å². The summed E-state index contributed by atoms with van der Waals surface area (Å²) >= 11 is 0. The van der Waals surface area contributed by atoms with Gasteiger partial charge in [-0.2, -0.15) is 4.39 Å². The highest BCUT2D eigenvalue weighted by Gasteiger charge is 2.41. The molecule has 0 radical (unpaired) electrons. The standard InChI is InChI=1S/C14H16F2N2O/c15-12-10(5-6-17-13(12)16)14(19)18-7-11(8-1-2-8)9-3-4-9/h5-6,8-9,11H,1-4,7H2,(H,18,19). The molecule has 1 N–H and O–H groups in total. The van der Waals surface area contributed by atoms with Crippen molar-refractivity contribution in [2.45, 2.75) is 25.7 Å². The zero-order chi connectivity index (χ0) is 13.4. The van der Waals surface area contributed by atoms with Crippen molar-refractivity contribution in [2.24, 2.45) is 17.8 Å². The summed E-state index contributed by atoms with van der Waals surface area (Å²) in [4.78, 5) is 15.0. The number of rotatable bonds is 5. The number of hydrogen-bond acceptors (Lipinski definition) is 2. The summed E-state index contributed by atoms with van der Waals surface area (Å²) in [7, 11) is 0. The lowest BCUT2D eigenvalue weighted by molar-refractivity contribution is 0.0938. The van der Waals surface area contributed by atoms with E-state index in [1.54, 1.807) is 0 Å². The van der Waals surface area contributed by atoms with E-state index >= 15 is 0 Å². The lowest BCUT2D eigenvalue weighted by atomic mass is 9.98. The molecular formula is C14H16F2N2O. The van der Waals surface area contributed by atoms with E-state index in [0.29, 0.717) is 24.3 Å². The van der Waals surface area contributed by atoms with Crippen LogP contribution < -0.4 is 5.32 Å². The molecule has 1 heterocycles. The van der Waals surface area contributed by atoms with Crippen LogP contribution in [-0.4, -0.2) is 17.4 Å². The minimum atomic E-state index is -1.23. The van der Waals surface area contributed by atoms with E-state index in [0.717, 1.165) is 6.20 Å². The Morgan fingerprint density at radius 2 is 1.95 bits per heavy atom. The number of aromatic nitrogens is 1. The zero-order valence-corrected chi connectivity index (χ0v) is 10.5. The lowest BCUT2D eigenvalue weighted by Gasteiger charge is -2.16. The fourth-order valence-electron chi connectivity index (χ4n) is 2.67. The predicted molar refractivity (Wildman–Crippen MR) is 65.4 cm³/mol. The number of halogens is 2. The predicted octanol–water partition coefficient (Wildman–Crippen LogP) is 2.53. The molecule has 3 nitrogen and oxygen atoms in total. The van der Waals surface area contributed by atoms with Crippen LogP contribution in [0.2, 0.25) is 0 Å². The van der Waals surface area contributed by atoms with Gasteiger partial charge in [-0.15, -0.1) is 0 Å². The fraction of sp³-hybridized carbons (Fsp3) is 0.571. The van der Waals surface area contributed by atoms with Crippen LogP contribution in [0.15, 0.2) is 12.3 Å². The SMILES string of the molecule is O=C(NCC(C1CC1)C1CC1)c1ccnc(F)c1F. The molecule has 0 unspecified atom stereocenters. The summed E-state index contributed by atoms with van der Waals surface area (Å²) in [5.74, 6) is -1.01. The van der Waals surface area contributed by atoms with Crippen LogP contribution in [-0.2, 0) is 0 Å². The highest BCUT2D eigenvalue weighted by atomic mass is 19.2. The van der Waals surface area contributed by atoms with Crippen molar-refractivity contribution in [3.8, 4) is 0 Å². The van der Waals surface area contributed by atoms with Crippen LogP contribution >= 0.6 is 0 Å². The van der Waals surface area contributed by atoms with Gasteiger partial charge in [0.15, 0.2) is 5.82 Å². The van der Waals surface area contributed by atoms with E-state index < -0.39 is 17.7 Å². The monoisotopic (exact) mass is 266 g/mol. The Morgan fingerprint density at radius 3 is 2.53 bits per heavy atom. The van der Waals surface area contributed by atoms with Crippen LogP contribution in [0.4, 0.5) is 8.78 Å². The van der Waals surface area contributed by atoms with E-state index in [4.69, 9.17) is 0 Å². The molecule has 0 bridgehead atoms. The summed E-state index contributed by atoms with van der Waals surface area (Å²) in [6.07, 6.45) is 6.03. The van der Waals surface area contributed by atoms with E-state index in [-0.39, 0.29) is 5.56 Å². The summed E-state index contributed by atoms with van der Waals surface area (Å²) in [5.41, 5.74) is -0.266. The van der Waals surface area contributed by atoms with Crippen LogP contribution in [0, 0.1) is 29.5 Å². The molecule has 3 rings (SSSR count). The highest BCUT2D eigenvalue weighted by Crippen LogP contribution is 2.48.